The molecule has 1 spiro atoms. The Hall–Kier alpha value is -1.82. The lowest BCUT2D eigenvalue weighted by molar-refractivity contribution is -0.0468. The van der Waals surface area contributed by atoms with Crippen LogP contribution >= 0.6 is 0 Å². The van der Waals surface area contributed by atoms with Gasteiger partial charge in [0, 0.05) is 38.4 Å². The van der Waals surface area contributed by atoms with Gasteiger partial charge in [-0.25, -0.2) is 4.39 Å². The molecule has 2 aliphatic rings. The minimum atomic E-state index is -0.177. The van der Waals surface area contributed by atoms with Gasteiger partial charge in [-0.2, -0.15) is 0 Å². The quantitative estimate of drug-likeness (QED) is 0.820. The molecule has 138 valence electrons. The van der Waals surface area contributed by atoms with Gasteiger partial charge in [-0.1, -0.05) is 12.1 Å². The predicted octanol–water partition coefficient (Wildman–Crippen LogP) is 3.56. The van der Waals surface area contributed by atoms with Gasteiger partial charge in [0.15, 0.2) is 0 Å². The summed E-state index contributed by atoms with van der Waals surface area (Å²) in [6.45, 7) is 4.19. The molecule has 0 radical (unpaired) electrons. The number of likely N-dealkylation sites (tertiary alicyclic amines) is 1. The molecule has 0 bridgehead atoms. The van der Waals surface area contributed by atoms with E-state index in [1.54, 1.807) is 12.4 Å². The molecule has 1 atom stereocenters. The number of rotatable bonds is 5. The monoisotopic (exact) mass is 356 g/mol. The van der Waals surface area contributed by atoms with Crippen molar-refractivity contribution < 1.29 is 13.9 Å². The standard InChI is InChI=1S/C21H25FN2O2/c22-19-3-1-17(2-4-19)14-24-11-7-21(8-12-24)13-20(16-26-21)25-15-18-5-9-23-10-6-18/h1-6,9-10,20H,7-8,11-16H2. The lowest BCUT2D eigenvalue weighted by Crippen LogP contribution is -2.43. The Morgan fingerprint density at radius 2 is 1.81 bits per heavy atom. The second-order valence-electron chi connectivity index (χ2n) is 7.39. The number of hydrogen-bond acceptors (Lipinski definition) is 4. The van der Waals surface area contributed by atoms with Crippen molar-refractivity contribution in [2.45, 2.75) is 44.1 Å². The van der Waals surface area contributed by atoms with E-state index < -0.39 is 0 Å². The van der Waals surface area contributed by atoms with E-state index in [4.69, 9.17) is 9.47 Å². The smallest absolute Gasteiger partial charge is 0.123 e. The van der Waals surface area contributed by atoms with Crippen molar-refractivity contribution >= 4 is 0 Å². The zero-order chi connectivity index (χ0) is 17.8. The third kappa shape index (κ3) is 4.29. The number of aromatic nitrogens is 1. The molecular weight excluding hydrogens is 331 g/mol. The molecule has 2 aliphatic heterocycles. The van der Waals surface area contributed by atoms with Gasteiger partial charge in [0.2, 0.25) is 0 Å². The third-order valence-electron chi connectivity index (χ3n) is 5.50. The van der Waals surface area contributed by atoms with Gasteiger partial charge in [-0.15, -0.1) is 0 Å². The highest BCUT2D eigenvalue weighted by Crippen LogP contribution is 2.37. The Morgan fingerprint density at radius 1 is 1.08 bits per heavy atom. The second kappa shape index (κ2) is 7.82. The van der Waals surface area contributed by atoms with Crippen molar-refractivity contribution in [2.75, 3.05) is 19.7 Å². The minimum Gasteiger partial charge on any atom is -0.372 e. The Bertz CT molecular complexity index is 700. The van der Waals surface area contributed by atoms with Gasteiger partial charge < -0.3 is 9.47 Å². The molecule has 1 aromatic heterocycles. The maximum Gasteiger partial charge on any atom is 0.123 e. The maximum atomic E-state index is 13.0. The highest BCUT2D eigenvalue weighted by atomic mass is 19.1. The number of halogens is 1. The fraction of sp³-hybridized carbons (Fsp3) is 0.476. The van der Waals surface area contributed by atoms with Gasteiger partial charge in [0.25, 0.3) is 0 Å². The molecule has 1 aromatic carbocycles. The summed E-state index contributed by atoms with van der Waals surface area (Å²) in [7, 11) is 0. The maximum absolute atomic E-state index is 13.0. The van der Waals surface area contributed by atoms with E-state index in [-0.39, 0.29) is 17.5 Å². The van der Waals surface area contributed by atoms with Gasteiger partial charge in [-0.05, 0) is 48.2 Å². The van der Waals surface area contributed by atoms with E-state index in [0.29, 0.717) is 13.2 Å². The molecular formula is C21H25FN2O2. The average molecular weight is 356 g/mol. The summed E-state index contributed by atoms with van der Waals surface area (Å²) in [5, 5.41) is 0. The highest BCUT2D eigenvalue weighted by molar-refractivity contribution is 5.16. The molecule has 3 heterocycles. The van der Waals surface area contributed by atoms with E-state index in [2.05, 4.69) is 9.88 Å². The van der Waals surface area contributed by atoms with Gasteiger partial charge in [0.1, 0.15) is 5.82 Å². The summed E-state index contributed by atoms with van der Waals surface area (Å²) in [6.07, 6.45) is 6.80. The van der Waals surface area contributed by atoms with Crippen molar-refractivity contribution in [3.63, 3.8) is 0 Å². The first kappa shape index (κ1) is 17.6. The Labute approximate surface area is 153 Å². The number of pyridine rings is 1. The van der Waals surface area contributed by atoms with Crippen molar-refractivity contribution in [1.29, 1.82) is 0 Å². The first-order valence-corrected chi connectivity index (χ1v) is 9.32. The van der Waals surface area contributed by atoms with Crippen LogP contribution in [0.5, 0.6) is 0 Å². The molecule has 5 heteroatoms. The Balaban J connectivity index is 1.24. The topological polar surface area (TPSA) is 34.6 Å². The zero-order valence-electron chi connectivity index (χ0n) is 14.9. The predicted molar refractivity (Wildman–Crippen MR) is 97.0 cm³/mol. The van der Waals surface area contributed by atoms with Crippen molar-refractivity contribution in [3.8, 4) is 0 Å². The summed E-state index contributed by atoms with van der Waals surface area (Å²) in [6, 6.07) is 10.8. The molecule has 0 amide bonds. The van der Waals surface area contributed by atoms with Crippen LogP contribution in [0.15, 0.2) is 48.8 Å². The molecule has 2 saturated heterocycles. The fourth-order valence-corrected chi connectivity index (χ4v) is 3.92. The van der Waals surface area contributed by atoms with Crippen molar-refractivity contribution in [1.82, 2.24) is 9.88 Å². The SMILES string of the molecule is Fc1ccc(CN2CCC3(CC2)CC(OCc2ccncc2)CO3)cc1. The van der Waals surface area contributed by atoms with Crippen LogP contribution in [0, 0.1) is 5.82 Å². The third-order valence-corrected chi connectivity index (χ3v) is 5.50. The van der Waals surface area contributed by atoms with Crippen LogP contribution in [-0.4, -0.2) is 41.3 Å². The van der Waals surface area contributed by atoms with Gasteiger partial charge in [0.05, 0.1) is 24.9 Å². The normalized spacial score (nSPS) is 22.7. The number of benzene rings is 1. The molecule has 26 heavy (non-hydrogen) atoms. The summed E-state index contributed by atoms with van der Waals surface area (Å²) in [5.74, 6) is -0.177. The van der Waals surface area contributed by atoms with E-state index in [1.165, 1.54) is 12.1 Å². The Morgan fingerprint density at radius 3 is 2.54 bits per heavy atom. The largest absolute Gasteiger partial charge is 0.372 e. The molecule has 0 aliphatic carbocycles. The van der Waals surface area contributed by atoms with Crippen molar-refractivity contribution in [2.24, 2.45) is 0 Å². The molecule has 4 rings (SSSR count). The lowest BCUT2D eigenvalue weighted by Gasteiger charge is -2.38. The van der Waals surface area contributed by atoms with Crippen LogP contribution in [0.1, 0.15) is 30.4 Å². The zero-order valence-corrected chi connectivity index (χ0v) is 14.9. The van der Waals surface area contributed by atoms with Gasteiger partial charge >= 0.3 is 0 Å². The summed E-state index contributed by atoms with van der Waals surface area (Å²) < 4.78 is 25.3. The Kier molecular flexibility index (Phi) is 5.29. The summed E-state index contributed by atoms with van der Waals surface area (Å²) in [5.41, 5.74) is 2.28. The van der Waals surface area contributed by atoms with E-state index in [0.717, 1.165) is 50.0 Å². The van der Waals surface area contributed by atoms with Gasteiger partial charge in [-0.3, -0.25) is 9.88 Å². The summed E-state index contributed by atoms with van der Waals surface area (Å²) in [4.78, 5) is 6.45. The highest BCUT2D eigenvalue weighted by Gasteiger charge is 2.43. The number of piperidine rings is 1. The molecule has 0 N–H and O–H groups in total. The van der Waals surface area contributed by atoms with Crippen LogP contribution in [-0.2, 0) is 22.6 Å². The van der Waals surface area contributed by atoms with Crippen LogP contribution in [0.3, 0.4) is 0 Å². The molecule has 4 nitrogen and oxygen atoms in total. The first-order chi connectivity index (χ1) is 12.7. The molecule has 2 fully saturated rings. The summed E-state index contributed by atoms with van der Waals surface area (Å²) >= 11 is 0. The first-order valence-electron chi connectivity index (χ1n) is 9.32. The van der Waals surface area contributed by atoms with Crippen LogP contribution in [0.25, 0.3) is 0 Å². The number of nitrogens with zero attached hydrogens (tertiary/aromatic N) is 2. The van der Waals surface area contributed by atoms with Crippen LogP contribution in [0.4, 0.5) is 4.39 Å². The lowest BCUT2D eigenvalue weighted by atomic mass is 9.88. The van der Waals surface area contributed by atoms with Crippen LogP contribution in [0.2, 0.25) is 0 Å². The number of ether oxygens (including phenoxy) is 2. The van der Waals surface area contributed by atoms with Crippen LogP contribution < -0.4 is 0 Å². The molecule has 1 unspecified atom stereocenters. The average Bonchev–Trinajstić information content (AvgIpc) is 3.08. The second-order valence-corrected chi connectivity index (χ2v) is 7.39. The van der Waals surface area contributed by atoms with E-state index in [1.807, 2.05) is 24.3 Å². The fourth-order valence-electron chi connectivity index (χ4n) is 3.92. The molecule has 2 aromatic rings. The van der Waals surface area contributed by atoms with Crippen molar-refractivity contribution in [3.05, 3.63) is 65.7 Å². The molecule has 0 saturated carbocycles. The van der Waals surface area contributed by atoms with E-state index >= 15 is 0 Å². The minimum absolute atomic E-state index is 0.0256. The number of hydrogen-bond donors (Lipinski definition) is 0. The van der Waals surface area contributed by atoms with E-state index in [9.17, 15) is 4.39 Å².